The van der Waals surface area contributed by atoms with E-state index in [9.17, 15) is 9.59 Å². The molecule has 1 amide bonds. The van der Waals surface area contributed by atoms with Crippen molar-refractivity contribution in [1.82, 2.24) is 0 Å². The van der Waals surface area contributed by atoms with Gasteiger partial charge >= 0.3 is 5.97 Å². The van der Waals surface area contributed by atoms with Gasteiger partial charge in [-0.25, -0.2) is 4.79 Å². The van der Waals surface area contributed by atoms with E-state index in [1.807, 2.05) is 0 Å². The molecule has 0 aliphatic heterocycles. The van der Waals surface area contributed by atoms with Gasteiger partial charge in [-0.15, -0.1) is 0 Å². The van der Waals surface area contributed by atoms with Crippen LogP contribution < -0.4 is 10.1 Å². The molecule has 120 valence electrons. The van der Waals surface area contributed by atoms with Gasteiger partial charge < -0.3 is 19.9 Å². The number of ether oxygens (including phenoxy) is 2. The molecule has 0 atom stereocenters. The first-order chi connectivity index (χ1) is 10.1. The summed E-state index contributed by atoms with van der Waals surface area (Å²) < 4.78 is 10.1. The molecule has 0 radical (unpaired) electrons. The van der Waals surface area contributed by atoms with E-state index in [1.54, 1.807) is 20.8 Å². The maximum Gasteiger partial charge on any atom is 0.339 e. The fourth-order valence-electron chi connectivity index (χ4n) is 1.37. The number of rotatable bonds is 7. The van der Waals surface area contributed by atoms with E-state index in [0.29, 0.717) is 11.3 Å². The highest BCUT2D eigenvalue weighted by Gasteiger charge is 2.16. The topological polar surface area (TPSA) is 84.9 Å². The summed E-state index contributed by atoms with van der Waals surface area (Å²) in [6.45, 7) is 8.52. The van der Waals surface area contributed by atoms with E-state index >= 15 is 0 Å². The third-order valence-electron chi connectivity index (χ3n) is 2.47. The summed E-state index contributed by atoms with van der Waals surface area (Å²) in [5.74, 6) is -1.39. The van der Waals surface area contributed by atoms with E-state index < -0.39 is 10.5 Å². The van der Waals surface area contributed by atoms with Crippen molar-refractivity contribution in [3.05, 3.63) is 35.9 Å². The number of anilines is 1. The maximum atomic E-state index is 11.6. The molecule has 0 bridgehead atoms. The molecular weight excluding hydrogens is 354 g/mol. The molecule has 1 aromatic rings. The molecule has 0 saturated heterocycles. The summed E-state index contributed by atoms with van der Waals surface area (Å²) in [6, 6.07) is 4.26. The predicted octanol–water partition coefficient (Wildman–Crippen LogP) is 3.38. The zero-order chi connectivity index (χ0) is 16.9. The number of amides is 1. The molecule has 0 aromatic heterocycles. The van der Waals surface area contributed by atoms with Crippen LogP contribution >= 0.6 is 15.9 Å². The standard InChI is InChI=1S/C15H18BrNO5/c1-9(2)13(18)17-10-5-6-11(14(19)20)12(7-10)21-8-22-15(3,4)16/h5-7H,1,8H2,2-4H3,(H,17,18)(H,19,20). The second-order valence-corrected chi connectivity index (χ2v) is 6.93. The average molecular weight is 372 g/mol. The minimum absolute atomic E-state index is 0.0238. The molecule has 1 rings (SSSR count). The molecular formula is C15H18BrNO5. The summed E-state index contributed by atoms with van der Waals surface area (Å²) in [5.41, 5.74) is 0.726. The number of carbonyl (C=O) groups is 2. The molecule has 22 heavy (non-hydrogen) atoms. The van der Waals surface area contributed by atoms with Crippen molar-refractivity contribution < 1.29 is 24.2 Å². The Bertz CT molecular complexity index is 592. The number of carboxylic acid groups (broad SMARTS) is 1. The number of hydrogen-bond acceptors (Lipinski definition) is 4. The van der Waals surface area contributed by atoms with E-state index in [4.69, 9.17) is 14.6 Å². The van der Waals surface area contributed by atoms with Crippen LogP contribution in [0, 0.1) is 0 Å². The smallest absolute Gasteiger partial charge is 0.339 e. The van der Waals surface area contributed by atoms with Crippen molar-refractivity contribution in [2.24, 2.45) is 0 Å². The van der Waals surface area contributed by atoms with Crippen LogP contribution in [0.4, 0.5) is 5.69 Å². The maximum absolute atomic E-state index is 11.6. The highest BCUT2D eigenvalue weighted by atomic mass is 79.9. The molecule has 0 unspecified atom stereocenters. The Morgan fingerprint density at radius 2 is 2.05 bits per heavy atom. The van der Waals surface area contributed by atoms with Gasteiger partial charge in [-0.05, 0) is 32.9 Å². The van der Waals surface area contributed by atoms with Gasteiger partial charge in [0.15, 0.2) is 6.79 Å². The first-order valence-corrected chi connectivity index (χ1v) is 7.19. The third kappa shape index (κ3) is 5.87. The number of benzene rings is 1. The van der Waals surface area contributed by atoms with Gasteiger partial charge in [-0.3, -0.25) is 4.79 Å². The quantitative estimate of drug-likeness (QED) is 0.436. The van der Waals surface area contributed by atoms with Crippen LogP contribution in [0.3, 0.4) is 0 Å². The Hall–Kier alpha value is -1.86. The first kappa shape index (κ1) is 18.2. The third-order valence-corrected chi connectivity index (χ3v) is 2.70. The Morgan fingerprint density at radius 3 is 2.55 bits per heavy atom. The van der Waals surface area contributed by atoms with Crippen LogP contribution in [0.2, 0.25) is 0 Å². The second kappa shape index (κ2) is 7.42. The molecule has 6 nitrogen and oxygen atoms in total. The van der Waals surface area contributed by atoms with Crippen LogP contribution in [0.5, 0.6) is 5.75 Å². The molecule has 0 aliphatic carbocycles. The van der Waals surface area contributed by atoms with Gasteiger partial charge in [0.2, 0.25) is 0 Å². The lowest BCUT2D eigenvalue weighted by Crippen LogP contribution is -2.19. The van der Waals surface area contributed by atoms with Gasteiger partial charge in [0.1, 0.15) is 15.8 Å². The molecule has 0 fully saturated rings. The summed E-state index contributed by atoms with van der Waals surface area (Å²) in [5, 5.41) is 11.7. The normalized spacial score (nSPS) is 10.9. The van der Waals surface area contributed by atoms with Gasteiger partial charge in [0.05, 0.1) is 0 Å². The second-order valence-electron chi connectivity index (χ2n) is 5.02. The van der Waals surface area contributed by atoms with Crippen molar-refractivity contribution in [2.75, 3.05) is 12.1 Å². The summed E-state index contributed by atoms with van der Waals surface area (Å²) in [4.78, 5) is 22.8. The largest absolute Gasteiger partial charge is 0.478 e. The van der Waals surface area contributed by atoms with E-state index in [1.165, 1.54) is 18.2 Å². The first-order valence-electron chi connectivity index (χ1n) is 6.40. The number of aromatic carboxylic acids is 1. The van der Waals surface area contributed by atoms with Gasteiger partial charge in [0, 0.05) is 17.3 Å². The molecule has 7 heteroatoms. The number of halogens is 1. The average Bonchev–Trinajstić information content (AvgIpc) is 2.36. The lowest BCUT2D eigenvalue weighted by molar-refractivity contribution is -0.112. The molecule has 0 heterocycles. The summed E-state index contributed by atoms with van der Waals surface area (Å²) >= 11 is 3.28. The number of carbonyl (C=O) groups excluding carboxylic acids is 1. The minimum Gasteiger partial charge on any atom is -0.478 e. The molecule has 2 N–H and O–H groups in total. The van der Waals surface area contributed by atoms with Crippen LogP contribution in [0.15, 0.2) is 30.4 Å². The van der Waals surface area contributed by atoms with Crippen LogP contribution in [0.1, 0.15) is 31.1 Å². The Kier molecular flexibility index (Phi) is 6.13. The van der Waals surface area contributed by atoms with Crippen molar-refractivity contribution in [3.63, 3.8) is 0 Å². The Labute approximate surface area is 137 Å². The molecule has 0 saturated carbocycles. The zero-order valence-electron chi connectivity index (χ0n) is 12.6. The number of nitrogens with one attached hydrogen (secondary N) is 1. The lowest BCUT2D eigenvalue weighted by atomic mass is 10.1. The highest BCUT2D eigenvalue weighted by molar-refractivity contribution is 9.10. The molecule has 0 spiro atoms. The van der Waals surface area contributed by atoms with Gasteiger partial charge in [-0.1, -0.05) is 22.5 Å². The Morgan fingerprint density at radius 1 is 1.41 bits per heavy atom. The van der Waals surface area contributed by atoms with E-state index in [-0.39, 0.29) is 24.0 Å². The minimum atomic E-state index is -1.13. The summed E-state index contributed by atoms with van der Waals surface area (Å²) in [6.07, 6.45) is 0. The zero-order valence-corrected chi connectivity index (χ0v) is 14.2. The van der Waals surface area contributed by atoms with E-state index in [2.05, 4.69) is 27.8 Å². The molecule has 0 aliphatic rings. The predicted molar refractivity (Wildman–Crippen MR) is 86.4 cm³/mol. The lowest BCUT2D eigenvalue weighted by Gasteiger charge is -2.18. The fraction of sp³-hybridized carbons (Fsp3) is 0.333. The van der Waals surface area contributed by atoms with Crippen LogP contribution in [-0.2, 0) is 9.53 Å². The monoisotopic (exact) mass is 371 g/mol. The van der Waals surface area contributed by atoms with Crippen LogP contribution in [0.25, 0.3) is 0 Å². The fourth-order valence-corrected chi connectivity index (χ4v) is 1.46. The van der Waals surface area contributed by atoms with Crippen molar-refractivity contribution in [1.29, 1.82) is 0 Å². The Balaban J connectivity index is 2.93. The number of hydrogen-bond donors (Lipinski definition) is 2. The van der Waals surface area contributed by atoms with E-state index in [0.717, 1.165) is 0 Å². The van der Waals surface area contributed by atoms with Crippen LogP contribution in [-0.4, -0.2) is 28.3 Å². The number of alkyl halides is 1. The number of carboxylic acids is 1. The SMILES string of the molecule is C=C(C)C(=O)Nc1ccc(C(=O)O)c(OCOC(C)(C)Br)c1. The van der Waals surface area contributed by atoms with Crippen molar-refractivity contribution >= 4 is 33.5 Å². The summed E-state index contributed by atoms with van der Waals surface area (Å²) in [7, 11) is 0. The molecule has 1 aromatic carbocycles. The van der Waals surface area contributed by atoms with Gasteiger partial charge in [-0.2, -0.15) is 0 Å². The van der Waals surface area contributed by atoms with Gasteiger partial charge in [0.25, 0.3) is 5.91 Å². The van der Waals surface area contributed by atoms with Crippen molar-refractivity contribution in [2.45, 2.75) is 25.3 Å². The van der Waals surface area contributed by atoms with Crippen molar-refractivity contribution in [3.8, 4) is 5.75 Å². The highest BCUT2D eigenvalue weighted by Crippen LogP contribution is 2.25.